The van der Waals surface area contributed by atoms with Crippen LogP contribution in [0.25, 0.3) is 0 Å². The fraction of sp³-hybridized carbons (Fsp3) is 0.474. The first kappa shape index (κ1) is 15.8. The first-order valence-corrected chi connectivity index (χ1v) is 9.65. The zero-order valence-corrected chi connectivity index (χ0v) is 14.8. The molecule has 2 aliphatic rings. The molecule has 2 heterocycles. The van der Waals surface area contributed by atoms with Crippen LogP contribution >= 0.6 is 11.8 Å². The number of benzene rings is 1. The number of amides is 1. The zero-order chi connectivity index (χ0) is 16.5. The average molecular weight is 341 g/mol. The van der Waals surface area contributed by atoms with Crippen LogP contribution in [-0.4, -0.2) is 32.4 Å². The Hall–Kier alpha value is -1.75. The summed E-state index contributed by atoms with van der Waals surface area (Å²) in [6.07, 6.45) is 9.85. The van der Waals surface area contributed by atoms with Gasteiger partial charge in [0.2, 0.25) is 0 Å². The highest BCUT2D eigenvalue weighted by atomic mass is 32.2. The van der Waals surface area contributed by atoms with E-state index >= 15 is 0 Å². The standard InChI is InChI=1S/C19H23N3OS/c1-21-13-15(12-20-21)18-4-2-3-11-22(18)19(23)14-5-7-16(8-6-14)24-17-9-10-17/h5-8,12-13,17-18H,2-4,9-11H2,1H3. The van der Waals surface area contributed by atoms with E-state index in [9.17, 15) is 4.79 Å². The molecule has 4 rings (SSSR count). The molecule has 4 nitrogen and oxygen atoms in total. The Morgan fingerprint density at radius 2 is 1.96 bits per heavy atom. The van der Waals surface area contributed by atoms with E-state index in [1.54, 1.807) is 0 Å². The first-order chi connectivity index (χ1) is 11.7. The molecule has 0 spiro atoms. The van der Waals surface area contributed by atoms with Crippen molar-refractivity contribution in [2.24, 2.45) is 7.05 Å². The van der Waals surface area contributed by atoms with Gasteiger partial charge in [-0.2, -0.15) is 5.10 Å². The Morgan fingerprint density at radius 1 is 1.17 bits per heavy atom. The lowest BCUT2D eigenvalue weighted by molar-refractivity contribution is 0.0611. The number of nitrogens with zero attached hydrogens (tertiary/aromatic N) is 3. The van der Waals surface area contributed by atoms with Gasteiger partial charge in [-0.1, -0.05) is 0 Å². The second kappa shape index (κ2) is 6.63. The van der Waals surface area contributed by atoms with Gasteiger partial charge >= 0.3 is 0 Å². The molecule has 1 aromatic carbocycles. The third-order valence-corrected chi connectivity index (χ3v) is 6.15. The maximum atomic E-state index is 13.0. The highest BCUT2D eigenvalue weighted by Gasteiger charge is 2.29. The Kier molecular flexibility index (Phi) is 4.35. The summed E-state index contributed by atoms with van der Waals surface area (Å²) in [7, 11) is 1.93. The molecule has 1 saturated heterocycles. The fourth-order valence-electron chi connectivity index (χ4n) is 3.35. The highest BCUT2D eigenvalue weighted by Crippen LogP contribution is 2.39. The van der Waals surface area contributed by atoms with Gasteiger partial charge in [0.1, 0.15) is 0 Å². The van der Waals surface area contributed by atoms with E-state index in [1.165, 1.54) is 24.2 Å². The van der Waals surface area contributed by atoms with Crippen molar-refractivity contribution in [2.75, 3.05) is 6.54 Å². The Morgan fingerprint density at radius 3 is 2.62 bits per heavy atom. The number of thioether (sulfide) groups is 1. The topological polar surface area (TPSA) is 38.1 Å². The zero-order valence-electron chi connectivity index (χ0n) is 14.0. The number of hydrogen-bond acceptors (Lipinski definition) is 3. The van der Waals surface area contributed by atoms with Crippen molar-refractivity contribution in [3.8, 4) is 0 Å². The number of likely N-dealkylation sites (tertiary alicyclic amines) is 1. The fourth-order valence-corrected chi connectivity index (χ4v) is 4.40. The molecule has 24 heavy (non-hydrogen) atoms. The van der Waals surface area contributed by atoms with Crippen LogP contribution in [-0.2, 0) is 7.05 Å². The normalized spacial score (nSPS) is 21.0. The van der Waals surface area contributed by atoms with Crippen LogP contribution in [0, 0.1) is 0 Å². The van der Waals surface area contributed by atoms with Crippen LogP contribution in [0.4, 0.5) is 0 Å². The molecule has 1 amide bonds. The lowest BCUT2D eigenvalue weighted by Gasteiger charge is -2.35. The van der Waals surface area contributed by atoms with Crippen LogP contribution in [0.1, 0.15) is 54.1 Å². The largest absolute Gasteiger partial charge is 0.331 e. The summed E-state index contributed by atoms with van der Waals surface area (Å²) in [5.41, 5.74) is 1.94. The maximum Gasteiger partial charge on any atom is 0.254 e. The summed E-state index contributed by atoms with van der Waals surface area (Å²) >= 11 is 1.93. The van der Waals surface area contributed by atoms with Gasteiger partial charge in [0.05, 0.1) is 12.2 Å². The van der Waals surface area contributed by atoms with Crippen LogP contribution in [0.15, 0.2) is 41.6 Å². The van der Waals surface area contributed by atoms with E-state index in [0.717, 1.165) is 35.8 Å². The molecular weight excluding hydrogens is 318 g/mol. The van der Waals surface area contributed by atoms with Crippen molar-refractivity contribution >= 4 is 17.7 Å². The van der Waals surface area contributed by atoms with Gasteiger partial charge < -0.3 is 4.90 Å². The van der Waals surface area contributed by atoms with Gasteiger partial charge in [0.25, 0.3) is 5.91 Å². The Bertz CT molecular complexity index is 720. The van der Waals surface area contributed by atoms with Crippen LogP contribution in [0.5, 0.6) is 0 Å². The molecule has 0 bridgehead atoms. The lowest BCUT2D eigenvalue weighted by Crippen LogP contribution is -2.38. The maximum absolute atomic E-state index is 13.0. The molecule has 2 fully saturated rings. The van der Waals surface area contributed by atoms with Gasteiger partial charge in [-0.25, -0.2) is 0 Å². The summed E-state index contributed by atoms with van der Waals surface area (Å²) in [6.45, 7) is 0.830. The Labute approximate surface area is 147 Å². The van der Waals surface area contributed by atoms with E-state index < -0.39 is 0 Å². The minimum atomic E-state index is 0.145. The van der Waals surface area contributed by atoms with E-state index in [0.29, 0.717) is 0 Å². The highest BCUT2D eigenvalue weighted by molar-refractivity contribution is 8.00. The second-order valence-electron chi connectivity index (χ2n) is 6.80. The Balaban J connectivity index is 1.52. The van der Waals surface area contributed by atoms with Crippen LogP contribution in [0.2, 0.25) is 0 Å². The SMILES string of the molecule is Cn1cc(C2CCCCN2C(=O)c2ccc(SC3CC3)cc2)cn1. The molecule has 5 heteroatoms. The molecule has 1 aromatic heterocycles. The van der Waals surface area contributed by atoms with E-state index in [-0.39, 0.29) is 11.9 Å². The molecule has 2 aromatic rings. The van der Waals surface area contributed by atoms with Crippen molar-refractivity contribution in [3.63, 3.8) is 0 Å². The van der Waals surface area contributed by atoms with Crippen molar-refractivity contribution in [1.29, 1.82) is 0 Å². The monoisotopic (exact) mass is 341 g/mol. The van der Waals surface area contributed by atoms with Crippen LogP contribution in [0.3, 0.4) is 0 Å². The van der Waals surface area contributed by atoms with Crippen molar-refractivity contribution in [3.05, 3.63) is 47.8 Å². The number of rotatable bonds is 4. The molecular formula is C19H23N3OS. The van der Waals surface area contributed by atoms with Gasteiger partial charge in [0.15, 0.2) is 0 Å². The number of aryl methyl sites for hydroxylation is 1. The number of carbonyl (C=O) groups excluding carboxylic acids is 1. The molecule has 1 aliphatic heterocycles. The second-order valence-corrected chi connectivity index (χ2v) is 8.17. The number of aromatic nitrogens is 2. The van der Waals surface area contributed by atoms with Gasteiger partial charge in [-0.3, -0.25) is 9.48 Å². The third-order valence-electron chi connectivity index (χ3n) is 4.80. The van der Waals surface area contributed by atoms with Crippen molar-refractivity contribution in [1.82, 2.24) is 14.7 Å². The third kappa shape index (κ3) is 3.36. The van der Waals surface area contributed by atoms with E-state index in [2.05, 4.69) is 17.2 Å². The summed E-state index contributed by atoms with van der Waals surface area (Å²) < 4.78 is 1.82. The molecule has 1 unspecified atom stereocenters. The summed E-state index contributed by atoms with van der Waals surface area (Å²) in [4.78, 5) is 16.3. The first-order valence-electron chi connectivity index (χ1n) is 8.77. The molecule has 126 valence electrons. The minimum Gasteiger partial charge on any atom is -0.331 e. The smallest absolute Gasteiger partial charge is 0.254 e. The van der Waals surface area contributed by atoms with Gasteiger partial charge in [0, 0.05) is 41.1 Å². The quantitative estimate of drug-likeness (QED) is 0.842. The lowest BCUT2D eigenvalue weighted by atomic mass is 9.96. The molecule has 1 atom stereocenters. The van der Waals surface area contributed by atoms with Gasteiger partial charge in [-0.15, -0.1) is 11.8 Å². The molecule has 1 saturated carbocycles. The number of hydrogen-bond donors (Lipinski definition) is 0. The predicted molar refractivity (Wildman–Crippen MR) is 96.2 cm³/mol. The molecule has 0 N–H and O–H groups in total. The van der Waals surface area contributed by atoms with E-state index in [1.807, 2.05) is 52.9 Å². The summed E-state index contributed by atoms with van der Waals surface area (Å²) in [5.74, 6) is 0.145. The predicted octanol–water partition coefficient (Wildman–Crippen LogP) is 4.04. The minimum absolute atomic E-state index is 0.145. The van der Waals surface area contributed by atoms with Crippen molar-refractivity contribution in [2.45, 2.75) is 48.3 Å². The van der Waals surface area contributed by atoms with Gasteiger partial charge in [-0.05, 0) is 56.4 Å². The van der Waals surface area contributed by atoms with E-state index in [4.69, 9.17) is 0 Å². The number of piperidine rings is 1. The average Bonchev–Trinajstić information content (AvgIpc) is 3.32. The van der Waals surface area contributed by atoms with Crippen molar-refractivity contribution < 1.29 is 4.79 Å². The summed E-state index contributed by atoms with van der Waals surface area (Å²) in [5, 5.41) is 5.07. The summed E-state index contributed by atoms with van der Waals surface area (Å²) in [6, 6.07) is 8.32. The molecule has 1 aliphatic carbocycles. The van der Waals surface area contributed by atoms with Crippen LogP contribution < -0.4 is 0 Å². The molecule has 0 radical (unpaired) electrons. The number of carbonyl (C=O) groups is 1.